The molecule has 4 heteroatoms. The summed E-state index contributed by atoms with van der Waals surface area (Å²) in [5, 5.41) is 11.6. The van der Waals surface area contributed by atoms with Gasteiger partial charge >= 0.3 is 0 Å². The molecule has 3 nitrogen and oxygen atoms in total. The first-order valence-electron chi connectivity index (χ1n) is 6.18. The van der Waals surface area contributed by atoms with E-state index in [1.165, 1.54) is 10.8 Å². The highest BCUT2D eigenvalue weighted by Crippen LogP contribution is 2.32. The zero-order valence-corrected chi connectivity index (χ0v) is 11.6. The number of benzene rings is 1. The number of aromatic nitrogens is 1. The minimum atomic E-state index is 0.269. The van der Waals surface area contributed by atoms with E-state index in [-0.39, 0.29) is 6.61 Å². The number of hydrogen-bond acceptors (Lipinski definition) is 3. The molecule has 0 amide bonds. The molecule has 2 heterocycles. The van der Waals surface area contributed by atoms with Gasteiger partial charge in [-0.25, -0.2) is 4.98 Å². The molecule has 3 rings (SSSR count). The van der Waals surface area contributed by atoms with Crippen molar-refractivity contribution >= 4 is 32.5 Å². The topological polar surface area (TPSA) is 36.4 Å². The molecule has 1 aliphatic rings. The number of nitrogens with zero attached hydrogens (tertiary/aromatic N) is 2. The summed E-state index contributed by atoms with van der Waals surface area (Å²) in [6, 6.07) is 8.22. The van der Waals surface area contributed by atoms with Gasteiger partial charge in [-0.3, -0.25) is 0 Å². The average Bonchev–Trinajstić information content (AvgIpc) is 2.87. The maximum atomic E-state index is 9.23. The van der Waals surface area contributed by atoms with Crippen LogP contribution in [0.1, 0.15) is 6.42 Å². The van der Waals surface area contributed by atoms with E-state index in [2.05, 4.69) is 31.9 Å². The van der Waals surface area contributed by atoms with Gasteiger partial charge in [-0.1, -0.05) is 28.1 Å². The molecular formula is C14H15BrN2O. The largest absolute Gasteiger partial charge is 0.396 e. The number of anilines is 1. The first-order chi connectivity index (χ1) is 8.79. The Labute approximate surface area is 115 Å². The van der Waals surface area contributed by atoms with E-state index < -0.39 is 0 Å². The molecule has 1 unspecified atom stereocenters. The van der Waals surface area contributed by atoms with Gasteiger partial charge in [0.25, 0.3) is 0 Å². The lowest BCUT2D eigenvalue weighted by molar-refractivity contribution is 0.238. The van der Waals surface area contributed by atoms with E-state index in [1.54, 1.807) is 0 Å². The van der Waals surface area contributed by atoms with Crippen LogP contribution in [0, 0.1) is 5.92 Å². The van der Waals surface area contributed by atoms with E-state index >= 15 is 0 Å². The smallest absolute Gasteiger partial charge is 0.136 e. The summed E-state index contributed by atoms with van der Waals surface area (Å²) in [6.07, 6.45) is 2.90. The molecule has 1 N–H and O–H groups in total. The molecule has 0 aliphatic carbocycles. The normalized spacial score (nSPS) is 19.7. The second-order valence-electron chi connectivity index (χ2n) is 4.75. The molecule has 0 saturated carbocycles. The standard InChI is InChI=1S/C14H15BrN2O/c15-13-3-1-2-12-11(13)4-6-16-14(12)17-7-5-10(8-17)9-18/h1-4,6,10,18H,5,7-9H2. The van der Waals surface area contributed by atoms with Crippen molar-refractivity contribution in [3.63, 3.8) is 0 Å². The van der Waals surface area contributed by atoms with Crippen LogP contribution in [-0.2, 0) is 0 Å². The van der Waals surface area contributed by atoms with Crippen LogP contribution in [0.15, 0.2) is 34.9 Å². The molecular weight excluding hydrogens is 292 g/mol. The Morgan fingerprint density at radius 3 is 3.00 bits per heavy atom. The van der Waals surface area contributed by atoms with E-state index in [0.717, 1.165) is 29.8 Å². The number of aliphatic hydroxyl groups is 1. The highest BCUT2D eigenvalue weighted by Gasteiger charge is 2.24. The monoisotopic (exact) mass is 306 g/mol. The molecule has 18 heavy (non-hydrogen) atoms. The molecule has 1 aromatic heterocycles. The summed E-state index contributed by atoms with van der Waals surface area (Å²) in [7, 11) is 0. The Hall–Kier alpha value is -1.13. The number of aliphatic hydroxyl groups excluding tert-OH is 1. The van der Waals surface area contributed by atoms with Crippen LogP contribution in [-0.4, -0.2) is 29.8 Å². The zero-order chi connectivity index (χ0) is 12.5. The van der Waals surface area contributed by atoms with Crippen molar-refractivity contribution in [1.29, 1.82) is 0 Å². The summed E-state index contributed by atoms with van der Waals surface area (Å²) in [4.78, 5) is 6.80. The first kappa shape index (κ1) is 11.9. The highest BCUT2D eigenvalue weighted by molar-refractivity contribution is 9.10. The first-order valence-corrected chi connectivity index (χ1v) is 6.98. The Morgan fingerprint density at radius 1 is 1.33 bits per heavy atom. The number of rotatable bonds is 2. The van der Waals surface area contributed by atoms with E-state index in [9.17, 15) is 5.11 Å². The molecule has 0 spiro atoms. The molecule has 1 aliphatic heterocycles. The molecule has 1 atom stereocenters. The van der Waals surface area contributed by atoms with Crippen LogP contribution in [0.25, 0.3) is 10.8 Å². The van der Waals surface area contributed by atoms with Crippen LogP contribution in [0.4, 0.5) is 5.82 Å². The highest BCUT2D eigenvalue weighted by atomic mass is 79.9. The van der Waals surface area contributed by atoms with Crippen LogP contribution in [0.3, 0.4) is 0 Å². The second kappa shape index (κ2) is 4.86. The third-order valence-corrected chi connectivity index (χ3v) is 4.27. The number of pyridine rings is 1. The summed E-state index contributed by atoms with van der Waals surface area (Å²) >= 11 is 3.58. The van der Waals surface area contributed by atoms with Crippen molar-refractivity contribution in [2.75, 3.05) is 24.6 Å². The predicted octanol–water partition coefficient (Wildman–Crippen LogP) is 2.82. The Balaban J connectivity index is 2.05. The SMILES string of the molecule is OCC1CCN(c2nccc3c(Br)cccc23)C1. The number of hydrogen-bond donors (Lipinski definition) is 1. The van der Waals surface area contributed by atoms with Gasteiger partial charge < -0.3 is 10.0 Å². The Kier molecular flexibility index (Phi) is 3.22. The van der Waals surface area contributed by atoms with E-state index in [1.807, 2.05) is 24.4 Å². The minimum Gasteiger partial charge on any atom is -0.396 e. The third-order valence-electron chi connectivity index (χ3n) is 3.58. The molecule has 0 radical (unpaired) electrons. The summed E-state index contributed by atoms with van der Waals surface area (Å²) in [5.41, 5.74) is 0. The van der Waals surface area contributed by atoms with Gasteiger partial charge in [-0.2, -0.15) is 0 Å². The van der Waals surface area contributed by atoms with Gasteiger partial charge in [0.15, 0.2) is 0 Å². The number of fused-ring (bicyclic) bond motifs is 1. The zero-order valence-electron chi connectivity index (χ0n) is 10.0. The van der Waals surface area contributed by atoms with Gasteiger partial charge in [0.2, 0.25) is 0 Å². The second-order valence-corrected chi connectivity index (χ2v) is 5.61. The fraction of sp³-hybridized carbons (Fsp3) is 0.357. The molecule has 94 valence electrons. The van der Waals surface area contributed by atoms with Crippen LogP contribution < -0.4 is 4.90 Å². The summed E-state index contributed by atoms with van der Waals surface area (Å²) in [5.74, 6) is 1.42. The fourth-order valence-electron chi connectivity index (χ4n) is 2.58. The molecule has 0 bridgehead atoms. The Bertz CT molecular complexity index is 573. The minimum absolute atomic E-state index is 0.269. The maximum Gasteiger partial charge on any atom is 0.136 e. The van der Waals surface area contributed by atoms with Crippen LogP contribution in [0.5, 0.6) is 0 Å². The lowest BCUT2D eigenvalue weighted by Gasteiger charge is -2.19. The lowest BCUT2D eigenvalue weighted by Crippen LogP contribution is -2.21. The summed E-state index contributed by atoms with van der Waals surface area (Å²) < 4.78 is 1.10. The Morgan fingerprint density at radius 2 is 2.22 bits per heavy atom. The van der Waals surface area contributed by atoms with Crippen LogP contribution in [0.2, 0.25) is 0 Å². The van der Waals surface area contributed by atoms with Crippen LogP contribution >= 0.6 is 15.9 Å². The lowest BCUT2D eigenvalue weighted by atomic mass is 10.1. The average molecular weight is 307 g/mol. The van der Waals surface area contributed by atoms with Crippen molar-refractivity contribution in [2.45, 2.75) is 6.42 Å². The maximum absolute atomic E-state index is 9.23. The van der Waals surface area contributed by atoms with Crippen molar-refractivity contribution in [2.24, 2.45) is 5.92 Å². The van der Waals surface area contributed by atoms with Crippen molar-refractivity contribution < 1.29 is 5.11 Å². The van der Waals surface area contributed by atoms with Gasteiger partial charge in [0.05, 0.1) is 0 Å². The van der Waals surface area contributed by atoms with E-state index in [4.69, 9.17) is 0 Å². The van der Waals surface area contributed by atoms with Gasteiger partial charge in [0, 0.05) is 47.1 Å². The van der Waals surface area contributed by atoms with E-state index in [0.29, 0.717) is 5.92 Å². The predicted molar refractivity (Wildman–Crippen MR) is 76.8 cm³/mol. The molecule has 1 aromatic carbocycles. The van der Waals surface area contributed by atoms with Gasteiger partial charge in [-0.05, 0) is 18.6 Å². The fourth-order valence-corrected chi connectivity index (χ4v) is 3.08. The third kappa shape index (κ3) is 1.99. The van der Waals surface area contributed by atoms with Gasteiger partial charge in [-0.15, -0.1) is 0 Å². The van der Waals surface area contributed by atoms with Crippen molar-refractivity contribution in [1.82, 2.24) is 4.98 Å². The van der Waals surface area contributed by atoms with Gasteiger partial charge in [0.1, 0.15) is 5.82 Å². The van der Waals surface area contributed by atoms with Crippen molar-refractivity contribution in [3.8, 4) is 0 Å². The number of halogens is 1. The van der Waals surface area contributed by atoms with Crippen molar-refractivity contribution in [3.05, 3.63) is 34.9 Å². The molecule has 1 fully saturated rings. The molecule has 1 saturated heterocycles. The molecule has 2 aromatic rings. The summed E-state index contributed by atoms with van der Waals surface area (Å²) in [6.45, 7) is 2.14. The quantitative estimate of drug-likeness (QED) is 0.927.